The zero-order valence-electron chi connectivity index (χ0n) is 13.5. The van der Waals surface area contributed by atoms with E-state index in [1.807, 2.05) is 6.92 Å². The molecule has 0 radical (unpaired) electrons. The van der Waals surface area contributed by atoms with Crippen LogP contribution in [0.15, 0.2) is 24.5 Å². The van der Waals surface area contributed by atoms with Gasteiger partial charge in [-0.3, -0.25) is 0 Å². The molecule has 0 fully saturated rings. The molecule has 2 aromatic rings. The smallest absolute Gasteiger partial charge is 0.148 e. The molecular weight excluding hydrogens is 298 g/mol. The summed E-state index contributed by atoms with van der Waals surface area (Å²) in [4.78, 5) is 8.17. The molecule has 0 unspecified atom stereocenters. The second-order valence-electron chi connectivity index (χ2n) is 5.58. The van der Waals surface area contributed by atoms with Crippen LogP contribution in [0.4, 0.5) is 5.82 Å². The number of nitrogens with zero attached hydrogens (tertiary/aromatic N) is 2. The van der Waals surface area contributed by atoms with Gasteiger partial charge in [0.1, 0.15) is 29.5 Å². The average Bonchev–Trinajstić information content (AvgIpc) is 2.49. The first-order valence-electron chi connectivity index (χ1n) is 7.43. The molecule has 0 saturated heterocycles. The number of aromatic nitrogens is 2. The number of aryl methyl sites for hydroxylation is 2. The highest BCUT2D eigenvalue weighted by Crippen LogP contribution is 2.24. The Morgan fingerprint density at radius 2 is 2.00 bits per heavy atom. The van der Waals surface area contributed by atoms with Crippen molar-refractivity contribution in [1.29, 1.82) is 0 Å². The zero-order chi connectivity index (χ0) is 16.1. The van der Waals surface area contributed by atoms with Crippen molar-refractivity contribution in [2.75, 3.05) is 18.5 Å². The van der Waals surface area contributed by atoms with Crippen LogP contribution < -0.4 is 10.1 Å². The van der Waals surface area contributed by atoms with Gasteiger partial charge in [0.2, 0.25) is 0 Å². The molecule has 1 aromatic heterocycles. The molecule has 1 heterocycles. The second-order valence-corrected chi connectivity index (χ2v) is 5.95. The summed E-state index contributed by atoms with van der Waals surface area (Å²) in [5.41, 5.74) is 3.18. The van der Waals surface area contributed by atoms with Crippen LogP contribution in [0.5, 0.6) is 5.75 Å². The van der Waals surface area contributed by atoms with Crippen molar-refractivity contribution >= 4 is 17.4 Å². The third-order valence-corrected chi connectivity index (χ3v) is 3.95. The van der Waals surface area contributed by atoms with Gasteiger partial charge >= 0.3 is 0 Å². The normalized spacial score (nSPS) is 10.8. The average molecular weight is 320 g/mol. The lowest BCUT2D eigenvalue weighted by Crippen LogP contribution is -2.13. The Morgan fingerprint density at radius 3 is 2.73 bits per heavy atom. The summed E-state index contributed by atoms with van der Waals surface area (Å²) in [6, 6.07) is 6.36. The Bertz CT molecular complexity index is 644. The molecule has 0 atom stereocenters. The SMILES string of the molecule is Cc1ccc(C(C)C)cc1OCCNc1ncnc(C)c1Cl. The van der Waals surface area contributed by atoms with E-state index < -0.39 is 0 Å². The van der Waals surface area contributed by atoms with Gasteiger partial charge in [0.15, 0.2) is 0 Å². The molecule has 1 N–H and O–H groups in total. The molecule has 0 aliphatic carbocycles. The van der Waals surface area contributed by atoms with E-state index in [4.69, 9.17) is 16.3 Å². The number of benzene rings is 1. The van der Waals surface area contributed by atoms with Crippen molar-refractivity contribution in [1.82, 2.24) is 9.97 Å². The monoisotopic (exact) mass is 319 g/mol. The highest BCUT2D eigenvalue weighted by Gasteiger charge is 2.06. The first-order chi connectivity index (χ1) is 10.5. The first kappa shape index (κ1) is 16.6. The summed E-state index contributed by atoms with van der Waals surface area (Å²) in [6.45, 7) is 9.43. The molecule has 0 amide bonds. The molecule has 0 bridgehead atoms. The maximum absolute atomic E-state index is 6.14. The summed E-state index contributed by atoms with van der Waals surface area (Å²) < 4.78 is 5.87. The van der Waals surface area contributed by atoms with Gasteiger partial charge in [-0.15, -0.1) is 0 Å². The van der Waals surface area contributed by atoms with Crippen molar-refractivity contribution in [3.8, 4) is 5.75 Å². The van der Waals surface area contributed by atoms with E-state index in [1.54, 1.807) is 0 Å². The summed E-state index contributed by atoms with van der Waals surface area (Å²) in [6.07, 6.45) is 1.50. The predicted octanol–water partition coefficient (Wildman–Crippen LogP) is 4.36. The zero-order valence-corrected chi connectivity index (χ0v) is 14.2. The Balaban J connectivity index is 1.91. The summed E-state index contributed by atoms with van der Waals surface area (Å²) >= 11 is 6.14. The van der Waals surface area contributed by atoms with Gasteiger partial charge in [-0.2, -0.15) is 0 Å². The van der Waals surface area contributed by atoms with Crippen LogP contribution in [-0.4, -0.2) is 23.1 Å². The summed E-state index contributed by atoms with van der Waals surface area (Å²) in [7, 11) is 0. The standard InChI is InChI=1S/C17H22ClN3O/c1-11(2)14-6-5-12(3)15(9-14)22-8-7-19-17-16(18)13(4)20-10-21-17/h5-6,9-11H,7-8H2,1-4H3,(H,19,20,21). The predicted molar refractivity (Wildman–Crippen MR) is 91.0 cm³/mol. The fourth-order valence-corrected chi connectivity index (χ4v) is 2.21. The number of nitrogens with one attached hydrogen (secondary N) is 1. The number of hydrogen-bond donors (Lipinski definition) is 1. The lowest BCUT2D eigenvalue weighted by atomic mass is 10.0. The van der Waals surface area contributed by atoms with Crippen LogP contribution in [0.2, 0.25) is 5.02 Å². The maximum atomic E-state index is 6.14. The van der Waals surface area contributed by atoms with E-state index in [0.29, 0.717) is 29.9 Å². The second kappa shape index (κ2) is 7.45. The van der Waals surface area contributed by atoms with E-state index >= 15 is 0 Å². The number of anilines is 1. The van der Waals surface area contributed by atoms with Crippen LogP contribution in [0.25, 0.3) is 0 Å². The molecule has 5 heteroatoms. The fraction of sp³-hybridized carbons (Fsp3) is 0.412. The van der Waals surface area contributed by atoms with Crippen molar-refractivity contribution in [3.63, 3.8) is 0 Å². The van der Waals surface area contributed by atoms with Gasteiger partial charge in [-0.05, 0) is 37.0 Å². The van der Waals surface area contributed by atoms with E-state index in [2.05, 4.69) is 54.3 Å². The minimum atomic E-state index is 0.490. The van der Waals surface area contributed by atoms with Gasteiger partial charge < -0.3 is 10.1 Å². The largest absolute Gasteiger partial charge is 0.491 e. The molecule has 1 aromatic carbocycles. The number of halogens is 1. The topological polar surface area (TPSA) is 47.0 Å². The fourth-order valence-electron chi connectivity index (χ4n) is 2.04. The molecule has 0 saturated carbocycles. The van der Waals surface area contributed by atoms with Crippen molar-refractivity contribution in [2.45, 2.75) is 33.6 Å². The van der Waals surface area contributed by atoms with Gasteiger partial charge in [0.05, 0.1) is 12.2 Å². The van der Waals surface area contributed by atoms with Gasteiger partial charge in [0, 0.05) is 0 Å². The molecule has 2 rings (SSSR count). The van der Waals surface area contributed by atoms with E-state index in [9.17, 15) is 0 Å². The van der Waals surface area contributed by atoms with Gasteiger partial charge in [-0.1, -0.05) is 37.6 Å². The van der Waals surface area contributed by atoms with Crippen LogP contribution in [-0.2, 0) is 0 Å². The van der Waals surface area contributed by atoms with Crippen molar-refractivity contribution < 1.29 is 4.74 Å². The first-order valence-corrected chi connectivity index (χ1v) is 7.81. The Kier molecular flexibility index (Phi) is 5.61. The van der Waals surface area contributed by atoms with Crippen LogP contribution in [0.3, 0.4) is 0 Å². The lowest BCUT2D eigenvalue weighted by Gasteiger charge is -2.13. The highest BCUT2D eigenvalue weighted by atomic mass is 35.5. The van der Waals surface area contributed by atoms with E-state index in [1.165, 1.54) is 11.9 Å². The quantitative estimate of drug-likeness (QED) is 0.804. The Hall–Kier alpha value is -1.81. The van der Waals surface area contributed by atoms with Crippen LogP contribution in [0.1, 0.15) is 36.6 Å². The van der Waals surface area contributed by atoms with Crippen LogP contribution >= 0.6 is 11.6 Å². The molecule has 0 spiro atoms. The van der Waals surface area contributed by atoms with Crippen molar-refractivity contribution in [3.05, 3.63) is 46.4 Å². The highest BCUT2D eigenvalue weighted by molar-refractivity contribution is 6.33. The number of hydrogen-bond acceptors (Lipinski definition) is 4. The molecule has 22 heavy (non-hydrogen) atoms. The number of rotatable bonds is 6. The van der Waals surface area contributed by atoms with E-state index in [0.717, 1.165) is 17.0 Å². The summed E-state index contributed by atoms with van der Waals surface area (Å²) in [5.74, 6) is 2.06. The van der Waals surface area contributed by atoms with Gasteiger partial charge in [0.25, 0.3) is 0 Å². The Morgan fingerprint density at radius 1 is 1.23 bits per heavy atom. The minimum absolute atomic E-state index is 0.490. The minimum Gasteiger partial charge on any atom is -0.491 e. The van der Waals surface area contributed by atoms with Gasteiger partial charge in [-0.25, -0.2) is 9.97 Å². The summed E-state index contributed by atoms with van der Waals surface area (Å²) in [5, 5.41) is 3.73. The molecule has 0 aliphatic rings. The molecule has 118 valence electrons. The number of ether oxygens (including phenoxy) is 1. The van der Waals surface area contributed by atoms with E-state index in [-0.39, 0.29) is 0 Å². The molecule has 4 nitrogen and oxygen atoms in total. The molecular formula is C17H22ClN3O. The van der Waals surface area contributed by atoms with Crippen molar-refractivity contribution in [2.24, 2.45) is 0 Å². The Labute approximate surface area is 136 Å². The maximum Gasteiger partial charge on any atom is 0.148 e. The lowest BCUT2D eigenvalue weighted by molar-refractivity contribution is 0.330. The van der Waals surface area contributed by atoms with Crippen LogP contribution in [0, 0.1) is 13.8 Å². The third-order valence-electron chi connectivity index (χ3n) is 3.49. The molecule has 0 aliphatic heterocycles. The third kappa shape index (κ3) is 4.10.